The number of nitrogens with zero attached hydrogens (tertiary/aromatic N) is 2. The monoisotopic (exact) mass is 511 g/mol. The van der Waals surface area contributed by atoms with Gasteiger partial charge in [-0.1, -0.05) is 35.9 Å². The topological polar surface area (TPSA) is 116 Å². The molecule has 2 aromatic carbocycles. The van der Waals surface area contributed by atoms with E-state index in [0.717, 1.165) is 11.6 Å². The van der Waals surface area contributed by atoms with Crippen molar-refractivity contribution in [3.8, 4) is 0 Å². The fraction of sp³-hybridized carbons (Fsp3) is 0.407. The number of benzene rings is 2. The van der Waals surface area contributed by atoms with Crippen LogP contribution in [0.1, 0.15) is 53.2 Å². The summed E-state index contributed by atoms with van der Waals surface area (Å²) in [4.78, 5) is 54.8. The number of carbonyl (C=O) groups excluding carboxylic acids is 3. The molecule has 37 heavy (non-hydrogen) atoms. The van der Waals surface area contributed by atoms with E-state index in [4.69, 9.17) is 4.74 Å². The highest BCUT2D eigenvalue weighted by atomic mass is 19.1. The van der Waals surface area contributed by atoms with Crippen molar-refractivity contribution in [1.82, 2.24) is 15.1 Å². The van der Waals surface area contributed by atoms with Gasteiger partial charge in [0, 0.05) is 25.3 Å². The van der Waals surface area contributed by atoms with Gasteiger partial charge in [0.15, 0.2) is 6.17 Å². The molecule has 3 unspecified atom stereocenters. The quantitative estimate of drug-likeness (QED) is 0.591. The minimum Gasteiger partial charge on any atom is -0.481 e. The number of amides is 3. The molecule has 3 amide bonds. The summed E-state index contributed by atoms with van der Waals surface area (Å²) in [5.74, 6) is -3.41. The van der Waals surface area contributed by atoms with Gasteiger partial charge in [0.25, 0.3) is 17.7 Å². The van der Waals surface area contributed by atoms with Crippen molar-refractivity contribution in [3.05, 3.63) is 71.0 Å². The van der Waals surface area contributed by atoms with E-state index in [0.29, 0.717) is 31.4 Å². The summed E-state index contributed by atoms with van der Waals surface area (Å²) in [7, 11) is 0. The number of aliphatic carboxylic acids is 1. The highest BCUT2D eigenvalue weighted by Gasteiger charge is 2.43. The van der Waals surface area contributed by atoms with E-state index >= 15 is 0 Å². The van der Waals surface area contributed by atoms with Gasteiger partial charge in [-0.05, 0) is 49.9 Å². The average molecular weight is 512 g/mol. The van der Waals surface area contributed by atoms with Gasteiger partial charge in [0.05, 0.1) is 12.5 Å². The first-order chi connectivity index (χ1) is 17.7. The number of carboxylic acid groups (broad SMARTS) is 1. The zero-order chi connectivity index (χ0) is 26.5. The van der Waals surface area contributed by atoms with Crippen molar-refractivity contribution < 1.29 is 33.4 Å². The minimum absolute atomic E-state index is 0.0463. The fourth-order valence-corrected chi connectivity index (χ4v) is 4.86. The smallest absolute Gasteiger partial charge is 0.305 e. The zero-order valence-corrected chi connectivity index (χ0v) is 20.6. The molecule has 0 saturated carbocycles. The van der Waals surface area contributed by atoms with E-state index < -0.39 is 47.8 Å². The summed E-state index contributed by atoms with van der Waals surface area (Å²) in [6, 6.07) is 11.4. The Morgan fingerprint density at radius 2 is 1.84 bits per heavy atom. The van der Waals surface area contributed by atoms with Crippen LogP contribution in [-0.2, 0) is 19.1 Å². The van der Waals surface area contributed by atoms with Crippen LogP contribution < -0.4 is 5.32 Å². The third-order valence-corrected chi connectivity index (χ3v) is 6.58. The molecule has 9 nitrogen and oxygen atoms in total. The minimum atomic E-state index is -1.35. The predicted molar refractivity (Wildman–Crippen MR) is 131 cm³/mol. The van der Waals surface area contributed by atoms with Gasteiger partial charge in [-0.25, -0.2) is 4.39 Å². The van der Waals surface area contributed by atoms with Crippen LogP contribution in [-0.4, -0.2) is 70.6 Å². The van der Waals surface area contributed by atoms with Crippen LogP contribution in [0.3, 0.4) is 0 Å². The molecule has 0 bridgehead atoms. The van der Waals surface area contributed by atoms with E-state index in [1.54, 1.807) is 18.2 Å². The lowest BCUT2D eigenvalue weighted by atomic mass is 10.0. The number of rotatable bonds is 7. The molecule has 0 radical (unpaired) electrons. The van der Waals surface area contributed by atoms with Crippen molar-refractivity contribution in [1.29, 1.82) is 0 Å². The van der Waals surface area contributed by atoms with Crippen molar-refractivity contribution in [2.24, 2.45) is 0 Å². The Balaban J connectivity index is 1.68. The number of hydrogen-bond donors (Lipinski definition) is 2. The first kappa shape index (κ1) is 26.3. The molecule has 2 saturated heterocycles. The Labute approximate surface area is 214 Å². The van der Waals surface area contributed by atoms with E-state index in [2.05, 4.69) is 5.32 Å². The first-order valence-corrected chi connectivity index (χ1v) is 12.3. The third-order valence-electron chi connectivity index (χ3n) is 6.58. The van der Waals surface area contributed by atoms with Gasteiger partial charge in [0.1, 0.15) is 11.9 Å². The van der Waals surface area contributed by atoms with Crippen molar-refractivity contribution in [2.45, 2.75) is 50.9 Å². The Kier molecular flexibility index (Phi) is 8.17. The number of carbonyl (C=O) groups is 4. The molecular formula is C27H30FN3O6. The molecule has 196 valence electrons. The largest absolute Gasteiger partial charge is 0.481 e. The SMILES string of the molecule is Cc1cccc(C(CC(=O)O)NC(=O)C2N(C(=O)c3cccc(F)c3)CCCN2C(=O)C2CCCO2)c1. The number of aryl methyl sites for hydroxylation is 1. The molecule has 4 rings (SSSR count). The van der Waals surface area contributed by atoms with Gasteiger partial charge < -0.3 is 25.0 Å². The van der Waals surface area contributed by atoms with Crippen LogP contribution in [0.2, 0.25) is 0 Å². The van der Waals surface area contributed by atoms with Crippen LogP contribution in [0, 0.1) is 12.7 Å². The lowest BCUT2D eigenvalue weighted by molar-refractivity contribution is -0.156. The summed E-state index contributed by atoms with van der Waals surface area (Å²) in [6.45, 7) is 2.67. The normalized spacial score (nSPS) is 20.4. The van der Waals surface area contributed by atoms with E-state index in [1.165, 1.54) is 28.0 Å². The van der Waals surface area contributed by atoms with Crippen LogP contribution in [0.15, 0.2) is 48.5 Å². The molecule has 2 aliphatic heterocycles. The van der Waals surface area contributed by atoms with E-state index in [1.807, 2.05) is 13.0 Å². The van der Waals surface area contributed by atoms with Crippen LogP contribution in [0.4, 0.5) is 4.39 Å². The molecule has 0 spiro atoms. The van der Waals surface area contributed by atoms with Gasteiger partial charge in [-0.3, -0.25) is 19.2 Å². The number of carboxylic acids is 1. The summed E-state index contributed by atoms with van der Waals surface area (Å²) < 4.78 is 19.4. The van der Waals surface area contributed by atoms with Crippen molar-refractivity contribution in [3.63, 3.8) is 0 Å². The predicted octanol–water partition coefficient (Wildman–Crippen LogP) is 2.65. The number of nitrogens with one attached hydrogen (secondary N) is 1. The van der Waals surface area contributed by atoms with Crippen LogP contribution in [0.5, 0.6) is 0 Å². The van der Waals surface area contributed by atoms with Crippen molar-refractivity contribution >= 4 is 23.7 Å². The molecule has 0 aromatic heterocycles. The molecule has 0 aliphatic carbocycles. The number of halogens is 1. The Morgan fingerprint density at radius 3 is 2.51 bits per heavy atom. The maximum absolute atomic E-state index is 13.9. The lowest BCUT2D eigenvalue weighted by Crippen LogP contribution is -2.65. The second-order valence-corrected chi connectivity index (χ2v) is 9.34. The number of ether oxygens (including phenoxy) is 1. The lowest BCUT2D eigenvalue weighted by Gasteiger charge is -2.43. The number of hydrogen-bond acceptors (Lipinski definition) is 5. The Bertz CT molecular complexity index is 1180. The Morgan fingerprint density at radius 1 is 1.08 bits per heavy atom. The summed E-state index contributed by atoms with van der Waals surface area (Å²) in [6.07, 6.45) is -0.819. The van der Waals surface area contributed by atoms with Gasteiger partial charge >= 0.3 is 5.97 Å². The zero-order valence-electron chi connectivity index (χ0n) is 20.6. The molecule has 2 fully saturated rings. The summed E-state index contributed by atoms with van der Waals surface area (Å²) >= 11 is 0. The molecule has 2 N–H and O–H groups in total. The second-order valence-electron chi connectivity index (χ2n) is 9.34. The standard InChI is InChI=1S/C27H30FN3O6/c1-17-6-2-7-18(14-17)21(16-23(32)33)29-24(34)25-30(26(35)19-8-3-9-20(28)15-19)11-5-12-31(25)27(36)22-10-4-13-37-22/h2-3,6-9,14-15,21-22,25H,4-5,10-13,16H2,1H3,(H,29,34)(H,32,33). The third kappa shape index (κ3) is 6.14. The second kappa shape index (κ2) is 11.5. The molecule has 2 aliphatic rings. The average Bonchev–Trinajstić information content (AvgIpc) is 3.42. The van der Waals surface area contributed by atoms with Crippen molar-refractivity contribution in [2.75, 3.05) is 19.7 Å². The van der Waals surface area contributed by atoms with Gasteiger partial charge in [0.2, 0.25) is 0 Å². The molecule has 2 heterocycles. The van der Waals surface area contributed by atoms with Crippen LogP contribution >= 0.6 is 0 Å². The summed E-state index contributed by atoms with van der Waals surface area (Å²) in [5.41, 5.74) is 1.52. The Hall–Kier alpha value is -3.79. The van der Waals surface area contributed by atoms with E-state index in [-0.39, 0.29) is 25.1 Å². The molecular weight excluding hydrogens is 481 g/mol. The maximum Gasteiger partial charge on any atom is 0.305 e. The summed E-state index contributed by atoms with van der Waals surface area (Å²) in [5, 5.41) is 12.3. The van der Waals surface area contributed by atoms with E-state index in [9.17, 15) is 28.7 Å². The molecule has 2 aromatic rings. The molecule has 3 atom stereocenters. The fourth-order valence-electron chi connectivity index (χ4n) is 4.86. The highest BCUT2D eigenvalue weighted by Crippen LogP contribution is 2.25. The van der Waals surface area contributed by atoms with Gasteiger partial charge in [-0.2, -0.15) is 0 Å². The first-order valence-electron chi connectivity index (χ1n) is 12.3. The highest BCUT2D eigenvalue weighted by molar-refractivity contribution is 5.99. The van der Waals surface area contributed by atoms with Crippen LogP contribution in [0.25, 0.3) is 0 Å². The molecule has 10 heteroatoms. The van der Waals surface area contributed by atoms with Gasteiger partial charge in [-0.15, -0.1) is 0 Å². The maximum atomic E-state index is 13.9.